The lowest BCUT2D eigenvalue weighted by atomic mass is 9.73. The number of unbranched alkanes of at least 4 members (excludes halogenated alkanes) is 1. The predicted octanol–water partition coefficient (Wildman–Crippen LogP) is 6.24. The number of nitrogens with one attached hydrogen (secondary N) is 1. The molecule has 8 heteroatoms. The van der Waals surface area contributed by atoms with Crippen LogP contribution < -0.4 is 0 Å². The molecule has 1 aliphatic rings. The first-order valence-corrected chi connectivity index (χ1v) is 13.9. The van der Waals surface area contributed by atoms with Crippen LogP contribution in [-0.4, -0.2) is 49.1 Å². The zero-order chi connectivity index (χ0) is 27.2. The van der Waals surface area contributed by atoms with Crippen molar-refractivity contribution in [1.82, 2.24) is 25.5 Å². The molecule has 0 radical (unpaired) electrons. The molecule has 1 aliphatic carbocycles. The zero-order valence-electron chi connectivity index (χ0n) is 22.4. The van der Waals surface area contributed by atoms with E-state index in [1.807, 2.05) is 24.3 Å². The molecular formula is C31H35N5O3. The summed E-state index contributed by atoms with van der Waals surface area (Å²) < 4.78 is 0. The Balaban J connectivity index is 1.36. The van der Waals surface area contributed by atoms with Gasteiger partial charge in [0, 0.05) is 25.1 Å². The van der Waals surface area contributed by atoms with Crippen molar-refractivity contribution in [3.63, 3.8) is 0 Å². The molecule has 0 bridgehead atoms. The van der Waals surface area contributed by atoms with Gasteiger partial charge in [0.2, 0.25) is 11.7 Å². The number of carboxylic acids is 1. The van der Waals surface area contributed by atoms with E-state index in [0.29, 0.717) is 31.6 Å². The summed E-state index contributed by atoms with van der Waals surface area (Å²) in [4.78, 5) is 27.4. The minimum absolute atomic E-state index is 0.0442. The SMILES string of the molecule is CCCCC(=O)N(Cc1ccc2cc(-c3ccc(-c4nn[nH]n4)cc3)ccc2c1)CC1(C(=O)O)CCCCC1. The Hall–Kier alpha value is -4.07. The predicted molar refractivity (Wildman–Crippen MR) is 151 cm³/mol. The Morgan fingerprint density at radius 2 is 1.62 bits per heavy atom. The number of rotatable bonds is 10. The van der Waals surface area contributed by atoms with Crippen LogP contribution in [-0.2, 0) is 16.1 Å². The first-order chi connectivity index (χ1) is 19.0. The third-order valence-corrected chi connectivity index (χ3v) is 7.95. The van der Waals surface area contributed by atoms with Gasteiger partial charge in [-0.1, -0.05) is 81.1 Å². The lowest BCUT2D eigenvalue weighted by molar-refractivity contribution is -0.154. The Bertz CT molecular complexity index is 1430. The molecule has 0 spiro atoms. The van der Waals surface area contributed by atoms with Crippen molar-refractivity contribution in [3.8, 4) is 22.5 Å². The van der Waals surface area contributed by atoms with Crippen molar-refractivity contribution in [2.24, 2.45) is 5.41 Å². The van der Waals surface area contributed by atoms with Crippen LogP contribution in [0.5, 0.6) is 0 Å². The number of carboxylic acid groups (broad SMARTS) is 1. The maximum Gasteiger partial charge on any atom is 0.311 e. The minimum Gasteiger partial charge on any atom is -0.481 e. The first kappa shape index (κ1) is 26.5. The topological polar surface area (TPSA) is 112 Å². The molecule has 0 aliphatic heterocycles. The zero-order valence-corrected chi connectivity index (χ0v) is 22.4. The molecule has 0 atom stereocenters. The second-order valence-electron chi connectivity index (χ2n) is 10.7. The summed E-state index contributed by atoms with van der Waals surface area (Å²) >= 11 is 0. The number of hydrogen-bond acceptors (Lipinski definition) is 5. The molecule has 2 N–H and O–H groups in total. The van der Waals surface area contributed by atoms with Crippen molar-refractivity contribution in [2.45, 2.75) is 64.8 Å². The van der Waals surface area contributed by atoms with Crippen LogP contribution in [0, 0.1) is 5.41 Å². The molecule has 1 fully saturated rings. The Kier molecular flexibility index (Phi) is 8.00. The number of aromatic amines is 1. The number of hydrogen-bond donors (Lipinski definition) is 2. The van der Waals surface area contributed by atoms with Crippen LogP contribution in [0.4, 0.5) is 0 Å². The molecule has 1 heterocycles. The summed E-state index contributed by atoms with van der Waals surface area (Å²) in [6, 6.07) is 20.7. The average Bonchev–Trinajstić information content (AvgIpc) is 3.51. The lowest BCUT2D eigenvalue weighted by Gasteiger charge is -2.38. The maximum absolute atomic E-state index is 13.2. The van der Waals surface area contributed by atoms with Crippen LogP contribution in [0.15, 0.2) is 60.7 Å². The first-order valence-electron chi connectivity index (χ1n) is 13.9. The van der Waals surface area contributed by atoms with Gasteiger partial charge in [-0.15, -0.1) is 10.2 Å². The molecule has 202 valence electrons. The van der Waals surface area contributed by atoms with Crippen LogP contribution >= 0.6 is 0 Å². The van der Waals surface area contributed by atoms with E-state index in [1.54, 1.807) is 4.90 Å². The van der Waals surface area contributed by atoms with Crippen LogP contribution in [0.1, 0.15) is 63.9 Å². The molecule has 4 aromatic rings. The summed E-state index contributed by atoms with van der Waals surface area (Å²) in [5.41, 5.74) is 3.26. The average molecular weight is 526 g/mol. The molecule has 1 saturated carbocycles. The quantitative estimate of drug-likeness (QED) is 0.253. The van der Waals surface area contributed by atoms with Gasteiger partial charge in [0.25, 0.3) is 0 Å². The summed E-state index contributed by atoms with van der Waals surface area (Å²) in [5.74, 6) is -0.165. The summed E-state index contributed by atoms with van der Waals surface area (Å²) in [5, 5.41) is 26.5. The van der Waals surface area contributed by atoms with Gasteiger partial charge >= 0.3 is 5.97 Å². The van der Waals surface area contributed by atoms with Crippen molar-refractivity contribution in [3.05, 3.63) is 66.2 Å². The van der Waals surface area contributed by atoms with Gasteiger partial charge in [0.1, 0.15) is 0 Å². The fourth-order valence-corrected chi connectivity index (χ4v) is 5.64. The van der Waals surface area contributed by atoms with Crippen molar-refractivity contribution >= 4 is 22.6 Å². The second-order valence-corrected chi connectivity index (χ2v) is 10.7. The highest BCUT2D eigenvalue weighted by molar-refractivity contribution is 5.88. The summed E-state index contributed by atoms with van der Waals surface area (Å²) in [6.45, 7) is 2.77. The van der Waals surface area contributed by atoms with Gasteiger partial charge < -0.3 is 10.0 Å². The van der Waals surface area contributed by atoms with Gasteiger partial charge in [0.05, 0.1) is 5.41 Å². The van der Waals surface area contributed by atoms with E-state index in [4.69, 9.17) is 0 Å². The maximum atomic E-state index is 13.2. The molecule has 5 rings (SSSR count). The summed E-state index contributed by atoms with van der Waals surface area (Å²) in [6.07, 6.45) is 6.34. The van der Waals surface area contributed by atoms with Gasteiger partial charge in [-0.3, -0.25) is 9.59 Å². The molecule has 0 unspecified atom stereocenters. The van der Waals surface area contributed by atoms with E-state index in [-0.39, 0.29) is 12.5 Å². The number of aliphatic carboxylic acids is 1. The highest BCUT2D eigenvalue weighted by Crippen LogP contribution is 2.38. The lowest BCUT2D eigenvalue weighted by Crippen LogP contribution is -2.46. The van der Waals surface area contributed by atoms with E-state index < -0.39 is 11.4 Å². The molecular weight excluding hydrogens is 490 g/mol. The number of amides is 1. The van der Waals surface area contributed by atoms with Gasteiger partial charge in [0.15, 0.2) is 0 Å². The normalized spacial score (nSPS) is 14.8. The Morgan fingerprint density at radius 1 is 0.923 bits per heavy atom. The number of carbonyl (C=O) groups excluding carboxylic acids is 1. The van der Waals surface area contributed by atoms with E-state index in [1.165, 1.54) is 0 Å². The van der Waals surface area contributed by atoms with Gasteiger partial charge in [-0.25, -0.2) is 0 Å². The third kappa shape index (κ3) is 6.00. The fourth-order valence-electron chi connectivity index (χ4n) is 5.64. The molecule has 8 nitrogen and oxygen atoms in total. The number of fused-ring (bicyclic) bond motifs is 1. The number of tetrazole rings is 1. The number of carbonyl (C=O) groups is 2. The standard InChI is InChI=1S/C31H35N5O3/c1-2-3-7-28(37)36(21-31(30(38)39)16-5-4-6-17-31)20-22-8-9-27-19-26(15-14-25(27)18-22)23-10-12-24(13-11-23)29-32-34-35-33-29/h8-15,18-19H,2-7,16-17,20-21H2,1H3,(H,38,39)(H,32,33,34,35). The van der Waals surface area contributed by atoms with Crippen LogP contribution in [0.3, 0.4) is 0 Å². The van der Waals surface area contributed by atoms with Crippen LogP contribution in [0.2, 0.25) is 0 Å². The minimum atomic E-state index is -0.842. The number of benzene rings is 3. The highest BCUT2D eigenvalue weighted by atomic mass is 16.4. The number of H-pyrrole nitrogens is 1. The fraction of sp³-hybridized carbons (Fsp3) is 0.387. The Labute approximate surface area is 228 Å². The molecule has 0 saturated heterocycles. The van der Waals surface area contributed by atoms with E-state index in [0.717, 1.165) is 65.1 Å². The highest BCUT2D eigenvalue weighted by Gasteiger charge is 2.42. The van der Waals surface area contributed by atoms with Gasteiger partial charge in [-0.05, 0) is 64.1 Å². The Morgan fingerprint density at radius 3 is 2.31 bits per heavy atom. The number of aromatic nitrogens is 4. The molecule has 1 amide bonds. The number of nitrogens with zero attached hydrogens (tertiary/aromatic N) is 4. The van der Waals surface area contributed by atoms with E-state index >= 15 is 0 Å². The molecule has 39 heavy (non-hydrogen) atoms. The van der Waals surface area contributed by atoms with Crippen molar-refractivity contribution < 1.29 is 14.7 Å². The van der Waals surface area contributed by atoms with Crippen LogP contribution in [0.25, 0.3) is 33.3 Å². The monoisotopic (exact) mass is 525 g/mol. The molecule has 1 aromatic heterocycles. The van der Waals surface area contributed by atoms with E-state index in [2.05, 4.69) is 63.9 Å². The van der Waals surface area contributed by atoms with Crippen molar-refractivity contribution in [1.29, 1.82) is 0 Å². The second kappa shape index (κ2) is 11.8. The smallest absolute Gasteiger partial charge is 0.311 e. The summed E-state index contributed by atoms with van der Waals surface area (Å²) in [7, 11) is 0. The largest absolute Gasteiger partial charge is 0.481 e. The van der Waals surface area contributed by atoms with E-state index in [9.17, 15) is 14.7 Å². The molecule has 3 aromatic carbocycles. The van der Waals surface area contributed by atoms with Gasteiger partial charge in [-0.2, -0.15) is 5.21 Å². The van der Waals surface area contributed by atoms with Crippen molar-refractivity contribution in [2.75, 3.05) is 6.54 Å². The third-order valence-electron chi connectivity index (χ3n) is 7.95.